The van der Waals surface area contributed by atoms with Gasteiger partial charge in [-0.1, -0.05) is 0 Å². The first-order valence-corrected chi connectivity index (χ1v) is 7.20. The zero-order valence-electron chi connectivity index (χ0n) is 10.8. The van der Waals surface area contributed by atoms with Crippen LogP contribution in [0.1, 0.15) is 6.42 Å². The Bertz CT molecular complexity index is 560. The maximum absolute atomic E-state index is 13.5. The summed E-state index contributed by atoms with van der Waals surface area (Å²) in [7, 11) is 0. The van der Waals surface area contributed by atoms with Crippen molar-refractivity contribution >= 4 is 17.4 Å². The van der Waals surface area contributed by atoms with Crippen molar-refractivity contribution in [3.05, 3.63) is 54.1 Å². The molecular weight excluding hydrogens is 280 g/mol. The molecule has 0 aliphatic heterocycles. The van der Waals surface area contributed by atoms with Gasteiger partial charge in [-0.3, -0.25) is 0 Å². The van der Waals surface area contributed by atoms with Crippen LogP contribution in [0.3, 0.4) is 0 Å². The first-order chi connectivity index (χ1) is 9.65. The predicted octanol–water partition coefficient (Wildman–Crippen LogP) is 4.11. The van der Waals surface area contributed by atoms with Gasteiger partial charge in [0.05, 0.1) is 6.61 Å². The summed E-state index contributed by atoms with van der Waals surface area (Å²) in [4.78, 5) is 0.584. The van der Waals surface area contributed by atoms with E-state index in [1.807, 2.05) is 0 Å². The van der Waals surface area contributed by atoms with Crippen LogP contribution in [0.25, 0.3) is 0 Å². The summed E-state index contributed by atoms with van der Waals surface area (Å²) in [5.41, 5.74) is 5.91. The van der Waals surface area contributed by atoms with Crippen molar-refractivity contribution in [1.29, 1.82) is 0 Å². The molecule has 0 unspecified atom stereocenters. The molecule has 0 aromatic heterocycles. The highest BCUT2D eigenvalue weighted by Gasteiger charge is 2.03. The molecule has 2 aromatic rings. The van der Waals surface area contributed by atoms with Crippen molar-refractivity contribution < 1.29 is 13.5 Å². The zero-order valence-corrected chi connectivity index (χ0v) is 11.6. The Kier molecular flexibility index (Phi) is 5.24. The van der Waals surface area contributed by atoms with E-state index in [9.17, 15) is 8.78 Å². The van der Waals surface area contributed by atoms with Gasteiger partial charge >= 0.3 is 0 Å². The van der Waals surface area contributed by atoms with Crippen molar-refractivity contribution in [2.75, 3.05) is 18.1 Å². The standard InChI is InChI=1S/C15H15F2NOS/c16-11-2-5-13(6-3-11)19-8-1-9-20-15-7-4-12(18)10-14(15)17/h2-7,10H,1,8-9,18H2. The van der Waals surface area contributed by atoms with E-state index in [4.69, 9.17) is 10.5 Å². The van der Waals surface area contributed by atoms with Crippen LogP contribution < -0.4 is 10.5 Å². The minimum atomic E-state index is -0.297. The van der Waals surface area contributed by atoms with Crippen LogP contribution in [-0.2, 0) is 0 Å². The van der Waals surface area contributed by atoms with Crippen LogP contribution in [-0.4, -0.2) is 12.4 Å². The number of thioether (sulfide) groups is 1. The Morgan fingerprint density at radius 3 is 2.50 bits per heavy atom. The molecule has 20 heavy (non-hydrogen) atoms. The molecule has 0 heterocycles. The van der Waals surface area contributed by atoms with Gasteiger partial charge in [0.2, 0.25) is 0 Å². The number of benzene rings is 2. The molecule has 0 aliphatic rings. The van der Waals surface area contributed by atoms with E-state index in [1.165, 1.54) is 30.0 Å². The normalized spacial score (nSPS) is 10.5. The maximum atomic E-state index is 13.5. The Labute approximate surface area is 120 Å². The molecule has 2 rings (SSSR count). The van der Waals surface area contributed by atoms with Gasteiger partial charge in [0.15, 0.2) is 0 Å². The molecule has 0 atom stereocenters. The van der Waals surface area contributed by atoms with Crippen LogP contribution in [0.4, 0.5) is 14.5 Å². The summed E-state index contributed by atoms with van der Waals surface area (Å²) in [5, 5.41) is 0. The first-order valence-electron chi connectivity index (χ1n) is 6.21. The molecule has 0 aliphatic carbocycles. The van der Waals surface area contributed by atoms with E-state index in [0.29, 0.717) is 22.9 Å². The quantitative estimate of drug-likeness (QED) is 0.495. The molecule has 0 fully saturated rings. The molecule has 0 spiro atoms. The Morgan fingerprint density at radius 1 is 1.05 bits per heavy atom. The van der Waals surface area contributed by atoms with Gasteiger partial charge in [-0.25, -0.2) is 8.78 Å². The van der Waals surface area contributed by atoms with Crippen LogP contribution in [0.2, 0.25) is 0 Å². The fourth-order valence-electron chi connectivity index (χ4n) is 1.60. The van der Waals surface area contributed by atoms with Gasteiger partial charge in [0.25, 0.3) is 0 Å². The average molecular weight is 295 g/mol. The lowest BCUT2D eigenvalue weighted by Gasteiger charge is -2.06. The van der Waals surface area contributed by atoms with Gasteiger partial charge in [0.1, 0.15) is 17.4 Å². The number of halogens is 2. The Hall–Kier alpha value is -1.75. The summed E-state index contributed by atoms with van der Waals surface area (Å²) in [6.45, 7) is 0.509. The largest absolute Gasteiger partial charge is 0.494 e. The second kappa shape index (κ2) is 7.14. The van der Waals surface area contributed by atoms with Gasteiger partial charge in [0, 0.05) is 16.3 Å². The fourth-order valence-corrected chi connectivity index (χ4v) is 2.44. The molecule has 2 nitrogen and oxygen atoms in total. The number of anilines is 1. The summed E-state index contributed by atoms with van der Waals surface area (Å²) >= 11 is 1.42. The summed E-state index contributed by atoms with van der Waals surface area (Å²) in [6, 6.07) is 10.6. The fraction of sp³-hybridized carbons (Fsp3) is 0.200. The lowest BCUT2D eigenvalue weighted by atomic mass is 10.3. The number of hydrogen-bond acceptors (Lipinski definition) is 3. The predicted molar refractivity (Wildman–Crippen MR) is 78.0 cm³/mol. The molecule has 0 saturated heterocycles. The number of nitrogens with two attached hydrogens (primary N) is 1. The molecule has 5 heteroatoms. The molecule has 2 N–H and O–H groups in total. The van der Waals surface area contributed by atoms with Crippen molar-refractivity contribution in [1.82, 2.24) is 0 Å². The monoisotopic (exact) mass is 295 g/mol. The SMILES string of the molecule is Nc1ccc(SCCCOc2ccc(F)cc2)c(F)c1. The van der Waals surface area contributed by atoms with Crippen LogP contribution >= 0.6 is 11.8 Å². The van der Waals surface area contributed by atoms with Gasteiger partial charge in [-0.15, -0.1) is 11.8 Å². The first kappa shape index (κ1) is 14.7. The number of ether oxygens (including phenoxy) is 1. The van der Waals surface area contributed by atoms with E-state index >= 15 is 0 Å². The summed E-state index contributed by atoms with van der Waals surface area (Å²) < 4.78 is 31.6. The molecule has 0 bridgehead atoms. The topological polar surface area (TPSA) is 35.2 Å². The van der Waals surface area contributed by atoms with Crippen molar-refractivity contribution in [2.24, 2.45) is 0 Å². The molecule has 106 valence electrons. The van der Waals surface area contributed by atoms with E-state index < -0.39 is 0 Å². The molecule has 0 saturated carbocycles. The van der Waals surface area contributed by atoms with Gasteiger partial charge < -0.3 is 10.5 Å². The van der Waals surface area contributed by atoms with Gasteiger partial charge in [-0.2, -0.15) is 0 Å². The smallest absolute Gasteiger partial charge is 0.138 e. The van der Waals surface area contributed by atoms with Crippen LogP contribution in [0.15, 0.2) is 47.4 Å². The maximum Gasteiger partial charge on any atom is 0.138 e. The average Bonchev–Trinajstić information content (AvgIpc) is 2.42. The van der Waals surface area contributed by atoms with E-state index in [0.717, 1.165) is 12.2 Å². The van der Waals surface area contributed by atoms with Crippen LogP contribution in [0, 0.1) is 11.6 Å². The van der Waals surface area contributed by atoms with Gasteiger partial charge in [-0.05, 0) is 48.9 Å². The minimum Gasteiger partial charge on any atom is -0.494 e. The highest BCUT2D eigenvalue weighted by molar-refractivity contribution is 7.99. The Balaban J connectivity index is 1.70. The highest BCUT2D eigenvalue weighted by Crippen LogP contribution is 2.24. The lowest BCUT2D eigenvalue weighted by molar-refractivity contribution is 0.318. The molecule has 0 radical (unpaired) electrons. The minimum absolute atomic E-state index is 0.285. The summed E-state index contributed by atoms with van der Waals surface area (Å²) in [5.74, 6) is 0.790. The number of nitrogen functional groups attached to an aromatic ring is 1. The van der Waals surface area contributed by atoms with E-state index in [-0.39, 0.29) is 11.6 Å². The number of hydrogen-bond donors (Lipinski definition) is 1. The Morgan fingerprint density at radius 2 is 1.80 bits per heavy atom. The summed E-state index contributed by atoms with van der Waals surface area (Å²) in [6.07, 6.45) is 0.770. The third-order valence-corrected chi connectivity index (χ3v) is 3.72. The lowest BCUT2D eigenvalue weighted by Crippen LogP contribution is -1.99. The molecular formula is C15H15F2NOS. The van der Waals surface area contributed by atoms with Crippen molar-refractivity contribution in [3.8, 4) is 5.75 Å². The third-order valence-electron chi connectivity index (χ3n) is 2.58. The van der Waals surface area contributed by atoms with Crippen LogP contribution in [0.5, 0.6) is 5.75 Å². The molecule has 2 aromatic carbocycles. The zero-order chi connectivity index (χ0) is 14.4. The highest BCUT2D eigenvalue weighted by atomic mass is 32.2. The second-order valence-electron chi connectivity index (χ2n) is 4.19. The van der Waals surface area contributed by atoms with E-state index in [2.05, 4.69) is 0 Å². The van der Waals surface area contributed by atoms with E-state index in [1.54, 1.807) is 24.3 Å². The number of rotatable bonds is 6. The van der Waals surface area contributed by atoms with Crippen molar-refractivity contribution in [2.45, 2.75) is 11.3 Å². The molecule has 0 amide bonds. The van der Waals surface area contributed by atoms with Crippen molar-refractivity contribution in [3.63, 3.8) is 0 Å². The third kappa shape index (κ3) is 4.42. The second-order valence-corrected chi connectivity index (χ2v) is 5.33.